The molecule has 18 heavy (non-hydrogen) atoms. The van der Waals surface area contributed by atoms with Crippen LogP contribution in [0.5, 0.6) is 0 Å². The van der Waals surface area contributed by atoms with Crippen molar-refractivity contribution in [2.45, 2.75) is 37.8 Å². The summed E-state index contributed by atoms with van der Waals surface area (Å²) in [6, 6.07) is -0.139. The number of hydrogen-bond donors (Lipinski definition) is 3. The second-order valence-corrected chi connectivity index (χ2v) is 4.78. The molecule has 2 aromatic rings. The van der Waals surface area contributed by atoms with Crippen LogP contribution in [0.1, 0.15) is 31.7 Å². The average Bonchev–Trinajstić information content (AvgIpc) is 2.81. The van der Waals surface area contributed by atoms with Crippen LogP contribution >= 0.6 is 0 Å². The van der Waals surface area contributed by atoms with E-state index in [0.717, 1.165) is 25.7 Å². The summed E-state index contributed by atoms with van der Waals surface area (Å²) in [5.41, 5.74) is 5.73. The highest BCUT2D eigenvalue weighted by molar-refractivity contribution is 5.72. The van der Waals surface area contributed by atoms with Crippen molar-refractivity contribution in [1.29, 1.82) is 0 Å². The van der Waals surface area contributed by atoms with E-state index in [1.165, 1.54) is 6.20 Å². The number of aromatic amines is 2. The zero-order valence-electron chi connectivity index (χ0n) is 9.85. The third-order valence-corrected chi connectivity index (χ3v) is 3.66. The molecule has 2 unspecified atom stereocenters. The van der Waals surface area contributed by atoms with E-state index in [1.807, 2.05) is 0 Å². The van der Waals surface area contributed by atoms with Crippen LogP contribution in [0.25, 0.3) is 11.0 Å². The van der Waals surface area contributed by atoms with Gasteiger partial charge in [-0.15, -0.1) is 0 Å². The Kier molecular flexibility index (Phi) is 2.55. The van der Waals surface area contributed by atoms with Crippen molar-refractivity contribution in [2.24, 2.45) is 5.73 Å². The number of nitrogens with one attached hydrogen (secondary N) is 2. The molecule has 0 aliphatic heterocycles. The fraction of sp³-hybridized carbons (Fsp3) is 0.545. The van der Waals surface area contributed by atoms with Gasteiger partial charge in [-0.2, -0.15) is 5.10 Å². The SMILES string of the molecule is NC1CCCCC1n1c(=O)[nH]c(=O)c2cn[nH]c21. The van der Waals surface area contributed by atoms with Gasteiger partial charge in [0.05, 0.1) is 12.2 Å². The Morgan fingerprint density at radius 1 is 1.33 bits per heavy atom. The van der Waals surface area contributed by atoms with Gasteiger partial charge in [-0.25, -0.2) is 4.79 Å². The van der Waals surface area contributed by atoms with Crippen molar-refractivity contribution in [2.75, 3.05) is 0 Å². The van der Waals surface area contributed by atoms with E-state index in [0.29, 0.717) is 11.0 Å². The number of fused-ring (bicyclic) bond motifs is 1. The van der Waals surface area contributed by atoms with Crippen LogP contribution < -0.4 is 17.0 Å². The minimum absolute atomic E-state index is 0.0612. The Balaban J connectivity index is 2.25. The lowest BCUT2D eigenvalue weighted by Crippen LogP contribution is -2.42. The van der Waals surface area contributed by atoms with E-state index >= 15 is 0 Å². The Labute approximate surface area is 102 Å². The fourth-order valence-electron chi connectivity index (χ4n) is 2.73. The van der Waals surface area contributed by atoms with Gasteiger partial charge in [0.15, 0.2) is 0 Å². The first kappa shape index (κ1) is 11.2. The summed E-state index contributed by atoms with van der Waals surface area (Å²) in [4.78, 5) is 25.9. The van der Waals surface area contributed by atoms with E-state index in [2.05, 4.69) is 15.2 Å². The molecule has 0 aromatic carbocycles. The highest BCUT2D eigenvalue weighted by atomic mass is 16.2. The molecule has 2 heterocycles. The first-order valence-corrected chi connectivity index (χ1v) is 6.12. The largest absolute Gasteiger partial charge is 0.330 e. The molecule has 0 amide bonds. The van der Waals surface area contributed by atoms with Crippen LogP contribution in [0.15, 0.2) is 15.8 Å². The predicted molar refractivity (Wildman–Crippen MR) is 66.5 cm³/mol. The highest BCUT2D eigenvalue weighted by Gasteiger charge is 2.26. The normalized spacial score (nSPS) is 24.5. The molecular formula is C11H15N5O2. The zero-order valence-corrected chi connectivity index (χ0v) is 9.85. The van der Waals surface area contributed by atoms with Crippen LogP contribution in [0.4, 0.5) is 0 Å². The maximum absolute atomic E-state index is 12.0. The van der Waals surface area contributed by atoms with Crippen molar-refractivity contribution in [3.63, 3.8) is 0 Å². The molecular weight excluding hydrogens is 234 g/mol. The van der Waals surface area contributed by atoms with Gasteiger partial charge in [0, 0.05) is 6.04 Å². The zero-order chi connectivity index (χ0) is 12.7. The number of hydrogen-bond acceptors (Lipinski definition) is 4. The topological polar surface area (TPSA) is 110 Å². The van der Waals surface area contributed by atoms with Gasteiger partial charge in [0.25, 0.3) is 5.56 Å². The van der Waals surface area contributed by atoms with Gasteiger partial charge in [0.2, 0.25) is 0 Å². The summed E-state index contributed by atoms with van der Waals surface area (Å²) in [5.74, 6) is 0. The minimum Gasteiger partial charge on any atom is -0.326 e. The monoisotopic (exact) mass is 249 g/mol. The molecule has 1 aliphatic carbocycles. The van der Waals surface area contributed by atoms with Gasteiger partial charge in [-0.3, -0.25) is 19.4 Å². The minimum atomic E-state index is -0.417. The lowest BCUT2D eigenvalue weighted by molar-refractivity contribution is 0.303. The molecule has 3 rings (SSSR count). The molecule has 1 saturated carbocycles. The lowest BCUT2D eigenvalue weighted by atomic mass is 9.91. The summed E-state index contributed by atoms with van der Waals surface area (Å²) < 4.78 is 1.55. The molecule has 0 radical (unpaired) electrons. The first-order chi connectivity index (χ1) is 8.68. The number of aromatic nitrogens is 4. The summed E-state index contributed by atoms with van der Waals surface area (Å²) in [6.07, 6.45) is 5.30. The van der Waals surface area contributed by atoms with E-state index in [-0.39, 0.29) is 12.1 Å². The Hall–Kier alpha value is -1.89. The van der Waals surface area contributed by atoms with Crippen LogP contribution in [0.3, 0.4) is 0 Å². The lowest BCUT2D eigenvalue weighted by Gasteiger charge is -2.30. The molecule has 0 bridgehead atoms. The van der Waals surface area contributed by atoms with E-state index in [1.54, 1.807) is 4.57 Å². The molecule has 7 heteroatoms. The number of nitrogens with zero attached hydrogens (tertiary/aromatic N) is 2. The van der Waals surface area contributed by atoms with Crippen LogP contribution in [0, 0.1) is 0 Å². The second kappa shape index (κ2) is 4.09. The smallest absolute Gasteiger partial charge is 0.326 e. The molecule has 0 spiro atoms. The molecule has 1 aliphatic rings. The van der Waals surface area contributed by atoms with Crippen LogP contribution in [-0.4, -0.2) is 25.8 Å². The summed E-state index contributed by atoms with van der Waals surface area (Å²) in [7, 11) is 0. The van der Waals surface area contributed by atoms with Crippen molar-refractivity contribution in [1.82, 2.24) is 19.7 Å². The van der Waals surface area contributed by atoms with E-state index in [4.69, 9.17) is 5.73 Å². The van der Waals surface area contributed by atoms with E-state index in [9.17, 15) is 9.59 Å². The molecule has 0 saturated heterocycles. The summed E-state index contributed by atoms with van der Waals surface area (Å²) in [6.45, 7) is 0. The van der Waals surface area contributed by atoms with Gasteiger partial charge in [-0.05, 0) is 12.8 Å². The fourth-order valence-corrected chi connectivity index (χ4v) is 2.73. The third-order valence-electron chi connectivity index (χ3n) is 3.66. The number of H-pyrrole nitrogens is 2. The van der Waals surface area contributed by atoms with Gasteiger partial charge in [-0.1, -0.05) is 12.8 Å². The molecule has 7 nitrogen and oxygen atoms in total. The molecule has 4 N–H and O–H groups in total. The number of rotatable bonds is 1. The Morgan fingerprint density at radius 2 is 2.11 bits per heavy atom. The second-order valence-electron chi connectivity index (χ2n) is 4.78. The van der Waals surface area contributed by atoms with E-state index < -0.39 is 11.2 Å². The third kappa shape index (κ3) is 1.59. The van der Waals surface area contributed by atoms with Crippen molar-refractivity contribution < 1.29 is 0 Å². The first-order valence-electron chi connectivity index (χ1n) is 6.12. The molecule has 2 aromatic heterocycles. The predicted octanol–water partition coefficient (Wildman–Crippen LogP) is -0.145. The van der Waals surface area contributed by atoms with Crippen LogP contribution in [-0.2, 0) is 0 Å². The number of nitrogens with two attached hydrogens (primary N) is 1. The molecule has 2 atom stereocenters. The molecule has 1 fully saturated rings. The average molecular weight is 249 g/mol. The quantitative estimate of drug-likeness (QED) is 0.653. The van der Waals surface area contributed by atoms with Gasteiger partial charge < -0.3 is 5.73 Å². The Morgan fingerprint density at radius 3 is 2.89 bits per heavy atom. The highest BCUT2D eigenvalue weighted by Crippen LogP contribution is 2.27. The Bertz CT molecular complexity index is 683. The molecule has 96 valence electrons. The van der Waals surface area contributed by atoms with Crippen molar-refractivity contribution >= 4 is 11.0 Å². The van der Waals surface area contributed by atoms with Gasteiger partial charge >= 0.3 is 5.69 Å². The maximum Gasteiger partial charge on any atom is 0.330 e. The van der Waals surface area contributed by atoms with Crippen molar-refractivity contribution in [3.8, 4) is 0 Å². The summed E-state index contributed by atoms with van der Waals surface area (Å²) >= 11 is 0. The van der Waals surface area contributed by atoms with Crippen LogP contribution in [0.2, 0.25) is 0 Å². The maximum atomic E-state index is 12.0. The summed E-state index contributed by atoms with van der Waals surface area (Å²) in [5, 5.41) is 6.96. The van der Waals surface area contributed by atoms with Crippen molar-refractivity contribution in [3.05, 3.63) is 27.0 Å². The standard InChI is InChI=1S/C11H15N5O2/c12-7-3-1-2-4-8(7)16-9-6(5-13-15-9)10(17)14-11(16)18/h5,7-8H,1-4,12H2,(H,13,15)(H,14,17,18). The van der Waals surface area contributed by atoms with Gasteiger partial charge in [0.1, 0.15) is 11.0 Å².